The highest BCUT2D eigenvalue weighted by atomic mass is 16.5. The summed E-state index contributed by atoms with van der Waals surface area (Å²) in [4.78, 5) is 11.6. The van der Waals surface area contributed by atoms with E-state index in [9.17, 15) is 4.79 Å². The van der Waals surface area contributed by atoms with Crippen LogP contribution >= 0.6 is 0 Å². The van der Waals surface area contributed by atoms with Crippen molar-refractivity contribution in [1.29, 1.82) is 5.26 Å². The molecular formula is C15H18N2O2. The first-order chi connectivity index (χ1) is 9.08. The van der Waals surface area contributed by atoms with E-state index in [1.807, 2.05) is 19.1 Å². The first kappa shape index (κ1) is 13.4. The van der Waals surface area contributed by atoms with Gasteiger partial charge in [-0.3, -0.25) is 0 Å². The number of carbonyl (C=O) groups is 1. The molecule has 0 radical (unpaired) electrons. The second kappa shape index (κ2) is 5.31. The Labute approximate surface area is 113 Å². The number of carbonyl (C=O) groups excluding carboxylic acids is 1. The van der Waals surface area contributed by atoms with Crippen LogP contribution in [0.5, 0.6) is 0 Å². The van der Waals surface area contributed by atoms with E-state index in [2.05, 4.69) is 11.5 Å². The molecule has 0 aromatic carbocycles. The van der Waals surface area contributed by atoms with Gasteiger partial charge in [0.15, 0.2) is 0 Å². The molecule has 1 aromatic rings. The van der Waals surface area contributed by atoms with Crippen molar-refractivity contribution < 1.29 is 9.53 Å². The molecule has 1 aliphatic rings. The summed E-state index contributed by atoms with van der Waals surface area (Å²) in [5, 5.41) is 9.05. The zero-order valence-electron chi connectivity index (χ0n) is 11.6. The van der Waals surface area contributed by atoms with E-state index in [0.717, 1.165) is 11.3 Å². The molecule has 0 atom stereocenters. The number of ether oxygens (including phenoxy) is 1. The maximum Gasteiger partial charge on any atom is 0.348 e. The molecule has 1 saturated carbocycles. The monoisotopic (exact) mass is 258 g/mol. The summed E-state index contributed by atoms with van der Waals surface area (Å²) in [5.74, 6) is -0.554. The predicted molar refractivity (Wildman–Crippen MR) is 72.4 cm³/mol. The average Bonchev–Trinajstić information content (AvgIpc) is 3.15. The molecule has 1 aliphatic carbocycles. The molecule has 1 aromatic heterocycles. The van der Waals surface area contributed by atoms with Gasteiger partial charge in [-0.15, -0.1) is 0 Å². The minimum Gasteiger partial charge on any atom is -0.462 e. The summed E-state index contributed by atoms with van der Waals surface area (Å²) in [7, 11) is 0. The van der Waals surface area contributed by atoms with E-state index < -0.39 is 5.97 Å². The SMILES string of the molecule is CCOC(=O)/C(C#N)=C/c1cc(C)n(C2CC2)c1C. The van der Waals surface area contributed by atoms with Crippen molar-refractivity contribution in [3.05, 3.63) is 28.6 Å². The third-order valence-electron chi connectivity index (χ3n) is 3.35. The summed E-state index contributed by atoms with van der Waals surface area (Å²) in [6.07, 6.45) is 4.05. The van der Waals surface area contributed by atoms with Gasteiger partial charge in [0.25, 0.3) is 0 Å². The van der Waals surface area contributed by atoms with Gasteiger partial charge in [-0.2, -0.15) is 5.26 Å². The Morgan fingerprint density at radius 3 is 2.79 bits per heavy atom. The Kier molecular flexibility index (Phi) is 3.75. The van der Waals surface area contributed by atoms with E-state index in [4.69, 9.17) is 10.00 Å². The van der Waals surface area contributed by atoms with Crippen LogP contribution in [-0.4, -0.2) is 17.1 Å². The fourth-order valence-electron chi connectivity index (χ4n) is 2.34. The Morgan fingerprint density at radius 1 is 1.58 bits per heavy atom. The zero-order chi connectivity index (χ0) is 14.0. The molecule has 19 heavy (non-hydrogen) atoms. The summed E-state index contributed by atoms with van der Waals surface area (Å²) < 4.78 is 7.15. The second-order valence-electron chi connectivity index (χ2n) is 4.82. The number of hydrogen-bond acceptors (Lipinski definition) is 3. The third-order valence-corrected chi connectivity index (χ3v) is 3.35. The molecule has 0 amide bonds. The lowest BCUT2D eigenvalue weighted by Crippen LogP contribution is -2.06. The van der Waals surface area contributed by atoms with Gasteiger partial charge >= 0.3 is 5.97 Å². The van der Waals surface area contributed by atoms with Crippen LogP contribution in [0.25, 0.3) is 6.08 Å². The molecule has 4 heteroatoms. The lowest BCUT2D eigenvalue weighted by atomic mass is 10.1. The minimum atomic E-state index is -0.554. The van der Waals surface area contributed by atoms with Gasteiger partial charge in [-0.1, -0.05) is 0 Å². The molecule has 1 fully saturated rings. The number of aryl methyl sites for hydroxylation is 1. The van der Waals surface area contributed by atoms with Crippen LogP contribution in [-0.2, 0) is 9.53 Å². The first-order valence-electron chi connectivity index (χ1n) is 6.55. The summed E-state index contributed by atoms with van der Waals surface area (Å²) in [6.45, 7) is 6.08. The van der Waals surface area contributed by atoms with Crippen molar-refractivity contribution in [2.45, 2.75) is 39.7 Å². The molecule has 0 aliphatic heterocycles. The Bertz CT molecular complexity index is 572. The molecule has 0 spiro atoms. The Hall–Kier alpha value is -2.02. The maximum absolute atomic E-state index is 11.6. The minimum absolute atomic E-state index is 0.0536. The molecule has 100 valence electrons. The van der Waals surface area contributed by atoms with Gasteiger partial charge in [0.1, 0.15) is 11.6 Å². The third kappa shape index (κ3) is 2.70. The number of nitrogens with zero attached hydrogens (tertiary/aromatic N) is 2. The molecule has 0 saturated heterocycles. The molecule has 0 bridgehead atoms. The highest BCUT2D eigenvalue weighted by Gasteiger charge is 2.26. The van der Waals surface area contributed by atoms with E-state index in [1.165, 1.54) is 18.5 Å². The molecular weight excluding hydrogens is 240 g/mol. The largest absolute Gasteiger partial charge is 0.462 e. The summed E-state index contributed by atoms with van der Waals surface area (Å²) >= 11 is 0. The summed E-state index contributed by atoms with van der Waals surface area (Å²) in [5.41, 5.74) is 3.26. The van der Waals surface area contributed by atoms with Crippen molar-refractivity contribution >= 4 is 12.0 Å². The number of rotatable bonds is 4. The van der Waals surface area contributed by atoms with Gasteiger partial charge in [-0.05, 0) is 51.3 Å². The summed E-state index contributed by atoms with van der Waals surface area (Å²) in [6, 6.07) is 4.52. The van der Waals surface area contributed by atoms with E-state index >= 15 is 0 Å². The predicted octanol–water partition coefficient (Wildman–Crippen LogP) is 2.91. The highest BCUT2D eigenvalue weighted by molar-refractivity contribution is 5.98. The van der Waals surface area contributed by atoms with Crippen molar-refractivity contribution in [3.63, 3.8) is 0 Å². The van der Waals surface area contributed by atoms with Crippen molar-refractivity contribution in [2.75, 3.05) is 6.61 Å². The topological polar surface area (TPSA) is 55.0 Å². The molecule has 4 nitrogen and oxygen atoms in total. The maximum atomic E-state index is 11.6. The van der Waals surface area contributed by atoms with Crippen molar-refractivity contribution in [1.82, 2.24) is 4.57 Å². The number of nitriles is 1. The van der Waals surface area contributed by atoms with Crippen molar-refractivity contribution in [3.8, 4) is 6.07 Å². The van der Waals surface area contributed by atoms with Gasteiger partial charge in [0, 0.05) is 17.4 Å². The van der Waals surface area contributed by atoms with Crippen LogP contribution in [0.3, 0.4) is 0 Å². The van der Waals surface area contributed by atoms with E-state index in [-0.39, 0.29) is 12.2 Å². The van der Waals surface area contributed by atoms with E-state index in [0.29, 0.717) is 6.04 Å². The number of aromatic nitrogens is 1. The number of hydrogen-bond donors (Lipinski definition) is 0. The lowest BCUT2D eigenvalue weighted by Gasteiger charge is -2.06. The van der Waals surface area contributed by atoms with Crippen molar-refractivity contribution in [2.24, 2.45) is 0 Å². The first-order valence-corrected chi connectivity index (χ1v) is 6.55. The molecule has 0 N–H and O–H groups in total. The zero-order valence-corrected chi connectivity index (χ0v) is 11.6. The van der Waals surface area contributed by atoms with Crippen LogP contribution < -0.4 is 0 Å². The molecule has 2 rings (SSSR count). The smallest absolute Gasteiger partial charge is 0.348 e. The fourth-order valence-corrected chi connectivity index (χ4v) is 2.34. The molecule has 0 unspecified atom stereocenters. The van der Waals surface area contributed by atoms with Gasteiger partial charge in [0.2, 0.25) is 0 Å². The average molecular weight is 258 g/mol. The lowest BCUT2D eigenvalue weighted by molar-refractivity contribution is -0.137. The van der Waals surface area contributed by atoms with Crippen LogP contribution in [0.1, 0.15) is 42.8 Å². The van der Waals surface area contributed by atoms with Gasteiger partial charge in [-0.25, -0.2) is 4.79 Å². The molecule has 1 heterocycles. The van der Waals surface area contributed by atoms with Gasteiger partial charge in [0.05, 0.1) is 6.61 Å². The van der Waals surface area contributed by atoms with Crippen LogP contribution in [0.2, 0.25) is 0 Å². The van der Waals surface area contributed by atoms with Crippen LogP contribution in [0.4, 0.5) is 0 Å². The Morgan fingerprint density at radius 2 is 2.26 bits per heavy atom. The quantitative estimate of drug-likeness (QED) is 0.474. The second-order valence-corrected chi connectivity index (χ2v) is 4.82. The normalized spacial score (nSPS) is 15.2. The van der Waals surface area contributed by atoms with E-state index in [1.54, 1.807) is 13.0 Å². The van der Waals surface area contributed by atoms with Crippen LogP contribution in [0.15, 0.2) is 11.6 Å². The highest BCUT2D eigenvalue weighted by Crippen LogP contribution is 2.38. The van der Waals surface area contributed by atoms with Gasteiger partial charge < -0.3 is 9.30 Å². The number of esters is 1. The van der Waals surface area contributed by atoms with Crippen LogP contribution in [0, 0.1) is 25.2 Å². The fraction of sp³-hybridized carbons (Fsp3) is 0.467. The standard InChI is InChI=1S/C15H18N2O2/c1-4-19-15(18)13(9-16)8-12-7-10(2)17(11(12)3)14-5-6-14/h7-8,14H,4-6H2,1-3H3/b13-8+. The Balaban J connectivity index is 2.34.